The van der Waals surface area contributed by atoms with Crippen molar-refractivity contribution in [1.29, 1.82) is 0 Å². The van der Waals surface area contributed by atoms with E-state index in [0.29, 0.717) is 5.56 Å². The molecule has 0 unspecified atom stereocenters. The first-order chi connectivity index (χ1) is 12.6. The van der Waals surface area contributed by atoms with E-state index >= 15 is 0 Å². The zero-order valence-corrected chi connectivity index (χ0v) is 15.4. The topological polar surface area (TPSA) is 72.3 Å². The third kappa shape index (κ3) is 4.69. The lowest BCUT2D eigenvalue weighted by molar-refractivity contribution is -0.114. The molecule has 2 aromatic rings. The van der Waals surface area contributed by atoms with Gasteiger partial charge in [0.05, 0.1) is 5.71 Å². The highest BCUT2D eigenvalue weighted by Crippen LogP contribution is 2.18. The summed E-state index contributed by atoms with van der Waals surface area (Å²) in [4.78, 5) is 22.6. The fraction of sp³-hybridized carbons (Fsp3) is 0.250. The molecule has 26 heavy (non-hydrogen) atoms. The van der Waals surface area contributed by atoms with Crippen LogP contribution in [-0.2, 0) is 21.1 Å². The number of nitrogens with one attached hydrogen (secondary N) is 1. The molecule has 6 heteroatoms. The number of oxime groups is 2. The summed E-state index contributed by atoms with van der Waals surface area (Å²) < 4.78 is 0. The van der Waals surface area contributed by atoms with E-state index in [1.807, 2.05) is 62.4 Å². The molecule has 0 aliphatic carbocycles. The van der Waals surface area contributed by atoms with Gasteiger partial charge in [0, 0.05) is 18.2 Å². The average Bonchev–Trinajstić information content (AvgIpc) is 2.67. The molecular weight excluding hydrogens is 330 g/mol. The maximum atomic E-state index is 12.2. The largest absolute Gasteiger partial charge is 0.398 e. The number of likely N-dealkylation sites (N-methyl/N-ethyl adjacent to an activating group) is 1. The number of hydrogen-bond acceptors (Lipinski definition) is 5. The first kappa shape index (κ1) is 19.2. The molecule has 1 N–H and O–H groups in total. The van der Waals surface area contributed by atoms with Crippen LogP contribution in [0, 0.1) is 6.92 Å². The third-order valence-corrected chi connectivity index (χ3v) is 3.83. The zero-order chi connectivity index (χ0) is 18.9. The van der Waals surface area contributed by atoms with Crippen LogP contribution in [0.15, 0.2) is 58.8 Å². The molecule has 0 aliphatic rings. The smallest absolute Gasteiger partial charge is 0.273 e. The van der Waals surface area contributed by atoms with Crippen LogP contribution in [0.5, 0.6) is 0 Å². The normalized spacial score (nSPS) is 11.8. The Kier molecular flexibility index (Phi) is 6.91. The number of carbonyl (C=O) groups excluding carboxylic acids is 1. The number of hydrogen-bond donors (Lipinski definition) is 1. The Bertz CT molecular complexity index is 814. The average molecular weight is 353 g/mol. The Balaban J connectivity index is 2.26. The molecule has 0 saturated carbocycles. The Labute approximate surface area is 153 Å². The van der Waals surface area contributed by atoms with Gasteiger partial charge in [-0.2, -0.15) is 0 Å². The standard InChI is InChI=1S/C20H23N3O3/c1-14-9-8-12-17(18(14)19(23-25-4)20(24)21-3)13-26-22-15(2)16-10-6-5-7-11-16/h5-12H,13H2,1-4H3,(H,21,24)/b22-15+,23-19+. The van der Waals surface area contributed by atoms with Gasteiger partial charge >= 0.3 is 0 Å². The molecule has 1 amide bonds. The van der Waals surface area contributed by atoms with Gasteiger partial charge in [-0.3, -0.25) is 4.79 Å². The van der Waals surface area contributed by atoms with Crippen molar-refractivity contribution in [2.24, 2.45) is 10.3 Å². The second-order valence-corrected chi connectivity index (χ2v) is 5.63. The summed E-state index contributed by atoms with van der Waals surface area (Å²) in [5.41, 5.74) is 4.35. The monoisotopic (exact) mass is 353 g/mol. The van der Waals surface area contributed by atoms with Crippen molar-refractivity contribution in [2.45, 2.75) is 20.5 Å². The highest BCUT2D eigenvalue weighted by atomic mass is 16.6. The second kappa shape index (κ2) is 9.36. The van der Waals surface area contributed by atoms with Crippen molar-refractivity contribution < 1.29 is 14.5 Å². The number of benzene rings is 2. The first-order valence-electron chi connectivity index (χ1n) is 8.22. The minimum Gasteiger partial charge on any atom is -0.398 e. The fourth-order valence-electron chi connectivity index (χ4n) is 2.53. The number of rotatable bonds is 7. The summed E-state index contributed by atoms with van der Waals surface area (Å²) in [6.07, 6.45) is 0. The van der Waals surface area contributed by atoms with Crippen LogP contribution >= 0.6 is 0 Å². The zero-order valence-electron chi connectivity index (χ0n) is 15.4. The summed E-state index contributed by atoms with van der Waals surface area (Å²) >= 11 is 0. The highest BCUT2D eigenvalue weighted by molar-refractivity contribution is 6.45. The molecule has 0 spiro atoms. The molecule has 0 radical (unpaired) electrons. The quantitative estimate of drug-likeness (QED) is 0.614. The number of aryl methyl sites for hydroxylation is 1. The van der Waals surface area contributed by atoms with Crippen molar-refractivity contribution >= 4 is 17.3 Å². The highest BCUT2D eigenvalue weighted by Gasteiger charge is 2.20. The van der Waals surface area contributed by atoms with Gasteiger partial charge in [0.2, 0.25) is 0 Å². The van der Waals surface area contributed by atoms with E-state index < -0.39 is 0 Å². The number of nitrogens with zero attached hydrogens (tertiary/aromatic N) is 2. The molecule has 0 saturated heterocycles. The molecule has 136 valence electrons. The van der Waals surface area contributed by atoms with Crippen molar-refractivity contribution in [2.75, 3.05) is 14.2 Å². The Morgan fingerprint density at radius 1 is 1.08 bits per heavy atom. The van der Waals surface area contributed by atoms with Crippen LogP contribution in [0.4, 0.5) is 0 Å². The van der Waals surface area contributed by atoms with Crippen molar-refractivity contribution in [3.8, 4) is 0 Å². The Hall–Kier alpha value is -3.15. The first-order valence-corrected chi connectivity index (χ1v) is 8.22. The van der Waals surface area contributed by atoms with E-state index in [0.717, 1.165) is 22.4 Å². The summed E-state index contributed by atoms with van der Waals surface area (Å²) in [6.45, 7) is 4.00. The lowest BCUT2D eigenvalue weighted by Gasteiger charge is -2.13. The van der Waals surface area contributed by atoms with E-state index in [-0.39, 0.29) is 18.2 Å². The van der Waals surface area contributed by atoms with Gasteiger partial charge in [-0.15, -0.1) is 0 Å². The van der Waals surface area contributed by atoms with Crippen LogP contribution in [-0.4, -0.2) is 31.5 Å². The van der Waals surface area contributed by atoms with Gasteiger partial charge in [0.1, 0.15) is 13.7 Å². The molecule has 2 rings (SSSR count). The van der Waals surface area contributed by atoms with Gasteiger partial charge in [-0.1, -0.05) is 58.8 Å². The molecule has 0 heterocycles. The van der Waals surface area contributed by atoms with E-state index in [2.05, 4.69) is 15.6 Å². The minimum absolute atomic E-state index is 0.204. The summed E-state index contributed by atoms with van der Waals surface area (Å²) in [7, 11) is 2.96. The number of amides is 1. The van der Waals surface area contributed by atoms with Gasteiger partial charge in [-0.05, 0) is 25.0 Å². The molecule has 0 atom stereocenters. The molecule has 2 aromatic carbocycles. The summed E-state index contributed by atoms with van der Waals surface area (Å²) in [5.74, 6) is -0.327. The second-order valence-electron chi connectivity index (χ2n) is 5.63. The third-order valence-electron chi connectivity index (χ3n) is 3.83. The SMILES string of the molecule is CNC(=O)/C(=N/OC)c1c(C)cccc1CO/N=C(\C)c1ccccc1. The van der Waals surface area contributed by atoms with Gasteiger partial charge in [0.25, 0.3) is 5.91 Å². The summed E-state index contributed by atoms with van der Waals surface area (Å²) in [6, 6.07) is 15.5. The molecular formula is C20H23N3O3. The van der Waals surface area contributed by atoms with Gasteiger partial charge < -0.3 is 15.0 Å². The molecule has 6 nitrogen and oxygen atoms in total. The molecule has 0 aliphatic heterocycles. The number of carbonyl (C=O) groups is 1. The maximum absolute atomic E-state index is 12.2. The van der Waals surface area contributed by atoms with E-state index in [9.17, 15) is 4.79 Å². The lowest BCUT2D eigenvalue weighted by atomic mass is 9.97. The predicted molar refractivity (Wildman–Crippen MR) is 102 cm³/mol. The molecule has 0 aromatic heterocycles. The van der Waals surface area contributed by atoms with Gasteiger partial charge in [0.15, 0.2) is 5.71 Å². The van der Waals surface area contributed by atoms with Crippen LogP contribution in [0.1, 0.15) is 29.2 Å². The Morgan fingerprint density at radius 2 is 1.81 bits per heavy atom. The van der Waals surface area contributed by atoms with Crippen LogP contribution in [0.25, 0.3) is 0 Å². The lowest BCUT2D eigenvalue weighted by Crippen LogP contribution is -2.30. The van der Waals surface area contributed by atoms with Crippen LogP contribution < -0.4 is 5.32 Å². The molecule has 0 fully saturated rings. The predicted octanol–water partition coefficient (Wildman–Crippen LogP) is 3.03. The van der Waals surface area contributed by atoms with Gasteiger partial charge in [-0.25, -0.2) is 0 Å². The van der Waals surface area contributed by atoms with Crippen molar-refractivity contribution in [1.82, 2.24) is 5.32 Å². The van der Waals surface area contributed by atoms with Crippen LogP contribution in [0.3, 0.4) is 0 Å². The van der Waals surface area contributed by atoms with Crippen molar-refractivity contribution in [3.05, 3.63) is 70.8 Å². The Morgan fingerprint density at radius 3 is 2.46 bits per heavy atom. The maximum Gasteiger partial charge on any atom is 0.273 e. The minimum atomic E-state index is -0.327. The van der Waals surface area contributed by atoms with E-state index in [1.54, 1.807) is 7.05 Å². The van der Waals surface area contributed by atoms with Crippen LogP contribution in [0.2, 0.25) is 0 Å². The fourth-order valence-corrected chi connectivity index (χ4v) is 2.53. The van der Waals surface area contributed by atoms with E-state index in [4.69, 9.17) is 9.68 Å². The van der Waals surface area contributed by atoms with E-state index in [1.165, 1.54) is 7.11 Å². The van der Waals surface area contributed by atoms with Crippen molar-refractivity contribution in [3.63, 3.8) is 0 Å². The molecule has 0 bridgehead atoms. The summed E-state index contributed by atoms with van der Waals surface area (Å²) in [5, 5.41) is 10.6.